The highest BCUT2D eigenvalue weighted by Gasteiger charge is 2.26. The van der Waals surface area contributed by atoms with Gasteiger partial charge < -0.3 is 5.11 Å². The number of rotatable bonds is 5. The first-order valence-corrected chi connectivity index (χ1v) is 7.69. The number of hydrogen-bond acceptors (Lipinski definition) is 2. The third-order valence-corrected chi connectivity index (χ3v) is 4.38. The highest BCUT2D eigenvalue weighted by Crippen LogP contribution is 2.35. The van der Waals surface area contributed by atoms with E-state index in [0.717, 1.165) is 19.5 Å². The Labute approximate surface area is 137 Å². The van der Waals surface area contributed by atoms with E-state index in [0.29, 0.717) is 6.04 Å². The summed E-state index contributed by atoms with van der Waals surface area (Å²) in [6, 6.07) is 15.5. The van der Waals surface area contributed by atoms with E-state index < -0.39 is 5.97 Å². The van der Waals surface area contributed by atoms with Gasteiger partial charge in [0.1, 0.15) is 0 Å². The summed E-state index contributed by atoms with van der Waals surface area (Å²) in [5.41, 5.74) is 1.39. The van der Waals surface area contributed by atoms with E-state index in [9.17, 15) is 4.79 Å². The fraction of sp³-hybridized carbons (Fsp3) is 0.389. The number of carbonyl (C=O) groups is 1. The summed E-state index contributed by atoms with van der Waals surface area (Å²) in [4.78, 5) is 13.1. The van der Waals surface area contributed by atoms with E-state index in [4.69, 9.17) is 5.11 Å². The zero-order chi connectivity index (χ0) is 14.7. The van der Waals surface area contributed by atoms with Crippen molar-refractivity contribution in [3.63, 3.8) is 0 Å². The molecule has 0 aromatic heterocycles. The van der Waals surface area contributed by atoms with E-state index in [2.05, 4.69) is 47.4 Å². The van der Waals surface area contributed by atoms with Gasteiger partial charge in [-0.15, -0.1) is 12.4 Å². The minimum Gasteiger partial charge on any atom is -0.481 e. The standard InChI is InChI=1S/C18H21NO2.ClH/c20-18(21)11-5-13-19-12-4-10-17(19)16-9-3-7-14-6-1-2-8-15(14)16;/h1-3,6-9,17H,4-5,10-13H2,(H,20,21);1H. The van der Waals surface area contributed by atoms with Crippen LogP contribution < -0.4 is 0 Å². The van der Waals surface area contributed by atoms with Crippen LogP contribution in [0.5, 0.6) is 0 Å². The summed E-state index contributed by atoms with van der Waals surface area (Å²) in [6.07, 6.45) is 3.36. The molecular formula is C18H22ClNO2. The number of fused-ring (bicyclic) bond motifs is 1. The Hall–Kier alpha value is -1.58. The van der Waals surface area contributed by atoms with Gasteiger partial charge in [0.25, 0.3) is 0 Å². The Bertz CT molecular complexity index is 639. The van der Waals surface area contributed by atoms with Crippen molar-refractivity contribution < 1.29 is 9.90 Å². The van der Waals surface area contributed by atoms with Gasteiger partial charge in [-0.25, -0.2) is 0 Å². The maximum atomic E-state index is 10.7. The van der Waals surface area contributed by atoms with Crippen LogP contribution in [0.15, 0.2) is 42.5 Å². The maximum absolute atomic E-state index is 10.7. The van der Waals surface area contributed by atoms with Gasteiger partial charge in [0, 0.05) is 12.5 Å². The zero-order valence-electron chi connectivity index (χ0n) is 12.6. The van der Waals surface area contributed by atoms with E-state index >= 15 is 0 Å². The molecule has 1 fully saturated rings. The molecule has 1 atom stereocenters. The molecule has 0 spiro atoms. The minimum atomic E-state index is -0.698. The second kappa shape index (κ2) is 7.61. The molecular weight excluding hydrogens is 298 g/mol. The van der Waals surface area contributed by atoms with Crippen LogP contribution in [0.1, 0.15) is 37.3 Å². The second-order valence-corrected chi connectivity index (χ2v) is 5.76. The molecule has 1 heterocycles. The Kier molecular flexibility index (Phi) is 5.81. The lowest BCUT2D eigenvalue weighted by molar-refractivity contribution is -0.137. The van der Waals surface area contributed by atoms with Crippen molar-refractivity contribution in [3.8, 4) is 0 Å². The summed E-state index contributed by atoms with van der Waals surface area (Å²) < 4.78 is 0. The van der Waals surface area contributed by atoms with Crippen molar-refractivity contribution in [2.45, 2.75) is 31.7 Å². The normalized spacial score (nSPS) is 18.3. The largest absolute Gasteiger partial charge is 0.481 e. The quantitative estimate of drug-likeness (QED) is 0.895. The Morgan fingerprint density at radius 2 is 1.95 bits per heavy atom. The third kappa shape index (κ3) is 3.60. The van der Waals surface area contributed by atoms with Gasteiger partial charge in [0.15, 0.2) is 0 Å². The van der Waals surface area contributed by atoms with E-state index in [-0.39, 0.29) is 18.8 Å². The molecule has 1 N–H and O–H groups in total. The Balaban J connectivity index is 0.00000176. The molecule has 1 saturated heterocycles. The molecule has 3 nitrogen and oxygen atoms in total. The molecule has 118 valence electrons. The van der Waals surface area contributed by atoms with E-state index in [1.165, 1.54) is 29.2 Å². The third-order valence-electron chi connectivity index (χ3n) is 4.38. The lowest BCUT2D eigenvalue weighted by Gasteiger charge is -2.25. The van der Waals surface area contributed by atoms with Gasteiger partial charge in [0.05, 0.1) is 0 Å². The van der Waals surface area contributed by atoms with E-state index in [1.54, 1.807) is 0 Å². The number of hydrogen-bond donors (Lipinski definition) is 1. The Morgan fingerprint density at radius 3 is 2.77 bits per heavy atom. The molecule has 0 aliphatic carbocycles. The summed E-state index contributed by atoms with van der Waals surface area (Å²) in [5, 5.41) is 11.4. The molecule has 0 saturated carbocycles. The van der Waals surface area contributed by atoms with Crippen LogP contribution in [0.4, 0.5) is 0 Å². The predicted molar refractivity (Wildman–Crippen MR) is 91.6 cm³/mol. The Morgan fingerprint density at radius 1 is 1.18 bits per heavy atom. The van der Waals surface area contributed by atoms with E-state index in [1.807, 2.05) is 0 Å². The number of likely N-dealkylation sites (tertiary alicyclic amines) is 1. The molecule has 0 bridgehead atoms. The zero-order valence-corrected chi connectivity index (χ0v) is 13.4. The molecule has 0 amide bonds. The van der Waals surface area contributed by atoms with Crippen molar-refractivity contribution in [3.05, 3.63) is 48.0 Å². The summed E-state index contributed by atoms with van der Waals surface area (Å²) in [6.45, 7) is 1.95. The smallest absolute Gasteiger partial charge is 0.303 e. The first-order chi connectivity index (χ1) is 10.3. The fourth-order valence-corrected chi connectivity index (χ4v) is 3.42. The first-order valence-electron chi connectivity index (χ1n) is 7.69. The molecule has 4 heteroatoms. The van der Waals surface area contributed by atoms with Crippen LogP contribution in [-0.4, -0.2) is 29.1 Å². The molecule has 0 radical (unpaired) electrons. The number of nitrogens with zero attached hydrogens (tertiary/aromatic N) is 1. The van der Waals surface area contributed by atoms with Crippen molar-refractivity contribution in [2.24, 2.45) is 0 Å². The number of halogens is 1. The van der Waals surface area contributed by atoms with Gasteiger partial charge in [-0.2, -0.15) is 0 Å². The number of benzene rings is 2. The number of carboxylic acids is 1. The second-order valence-electron chi connectivity index (χ2n) is 5.76. The maximum Gasteiger partial charge on any atom is 0.303 e. The minimum absolute atomic E-state index is 0. The molecule has 1 unspecified atom stereocenters. The van der Waals surface area contributed by atoms with Crippen LogP contribution in [0.3, 0.4) is 0 Å². The SMILES string of the molecule is Cl.O=C(O)CCCN1CCCC1c1cccc2ccccc12. The topological polar surface area (TPSA) is 40.5 Å². The average Bonchev–Trinajstić information content (AvgIpc) is 2.94. The van der Waals surface area contributed by atoms with Gasteiger partial charge in [-0.05, 0) is 48.7 Å². The number of aliphatic carboxylic acids is 1. The monoisotopic (exact) mass is 319 g/mol. The first kappa shape index (κ1) is 16.8. The van der Waals surface area contributed by atoms with Crippen LogP contribution in [0, 0.1) is 0 Å². The molecule has 3 rings (SSSR count). The number of carboxylic acid groups (broad SMARTS) is 1. The predicted octanol–water partition coefficient (Wildman–Crippen LogP) is 4.26. The van der Waals surface area contributed by atoms with Crippen LogP contribution >= 0.6 is 12.4 Å². The summed E-state index contributed by atoms with van der Waals surface area (Å²) in [7, 11) is 0. The molecule has 2 aromatic rings. The highest BCUT2D eigenvalue weighted by molar-refractivity contribution is 5.86. The van der Waals surface area contributed by atoms with Crippen LogP contribution in [-0.2, 0) is 4.79 Å². The van der Waals surface area contributed by atoms with Gasteiger partial charge in [0.2, 0.25) is 0 Å². The van der Waals surface area contributed by atoms with Crippen molar-refractivity contribution in [1.29, 1.82) is 0 Å². The van der Waals surface area contributed by atoms with Crippen molar-refractivity contribution in [1.82, 2.24) is 4.90 Å². The fourth-order valence-electron chi connectivity index (χ4n) is 3.42. The summed E-state index contributed by atoms with van der Waals surface area (Å²) in [5.74, 6) is -0.698. The molecule has 2 aromatic carbocycles. The van der Waals surface area contributed by atoms with Crippen molar-refractivity contribution in [2.75, 3.05) is 13.1 Å². The van der Waals surface area contributed by atoms with Gasteiger partial charge >= 0.3 is 5.97 Å². The molecule has 22 heavy (non-hydrogen) atoms. The molecule has 1 aliphatic rings. The lowest BCUT2D eigenvalue weighted by Crippen LogP contribution is -2.25. The van der Waals surface area contributed by atoms with Crippen molar-refractivity contribution >= 4 is 29.1 Å². The van der Waals surface area contributed by atoms with Crippen LogP contribution in [0.2, 0.25) is 0 Å². The lowest BCUT2D eigenvalue weighted by atomic mass is 9.97. The molecule has 1 aliphatic heterocycles. The van der Waals surface area contributed by atoms with Crippen LogP contribution in [0.25, 0.3) is 10.8 Å². The average molecular weight is 320 g/mol. The van der Waals surface area contributed by atoms with Gasteiger partial charge in [-0.1, -0.05) is 42.5 Å². The summed E-state index contributed by atoms with van der Waals surface area (Å²) >= 11 is 0. The highest BCUT2D eigenvalue weighted by atomic mass is 35.5. The van der Waals surface area contributed by atoms with Gasteiger partial charge in [-0.3, -0.25) is 9.69 Å².